The quantitative estimate of drug-likeness (QED) is 0.533. The number of nitrogens with zero attached hydrogens (tertiary/aromatic N) is 6. The molecule has 3 aromatic rings. The van der Waals surface area contributed by atoms with E-state index in [0.717, 1.165) is 15.9 Å². The molecule has 10 nitrogen and oxygen atoms in total. The molecule has 3 heterocycles. The predicted octanol–water partition coefficient (Wildman–Crippen LogP) is 1.61. The Morgan fingerprint density at radius 1 is 1.06 bits per heavy atom. The molecule has 1 N–H and O–H groups in total. The number of aliphatic carboxylic acids is 1. The van der Waals surface area contributed by atoms with E-state index in [1.54, 1.807) is 0 Å². The molecule has 34 heavy (non-hydrogen) atoms. The van der Waals surface area contributed by atoms with Gasteiger partial charge in [-0.1, -0.05) is 60.7 Å². The molecule has 2 aliphatic rings. The second kappa shape index (κ2) is 8.75. The van der Waals surface area contributed by atoms with Crippen LogP contribution in [-0.4, -0.2) is 64.8 Å². The number of fused-ring (bicyclic) bond motifs is 1. The molecule has 2 aliphatic heterocycles. The van der Waals surface area contributed by atoms with Gasteiger partial charge in [0, 0.05) is 19.0 Å². The lowest BCUT2D eigenvalue weighted by Gasteiger charge is -2.52. The Hall–Kier alpha value is -3.99. The molecule has 1 aromatic heterocycles. The lowest BCUT2D eigenvalue weighted by atomic mass is 9.85. The van der Waals surface area contributed by atoms with Gasteiger partial charge in [-0.2, -0.15) is 0 Å². The Balaban J connectivity index is 1.58. The number of β-lactam (4-membered cyclic amide) rings is 1. The summed E-state index contributed by atoms with van der Waals surface area (Å²) in [7, 11) is 0. The van der Waals surface area contributed by atoms with E-state index in [-0.39, 0.29) is 11.5 Å². The number of carbonyl (C=O) groups is 3. The third-order valence-corrected chi connectivity index (χ3v) is 7.52. The minimum Gasteiger partial charge on any atom is -0.478 e. The zero-order chi connectivity index (χ0) is 23.8. The van der Waals surface area contributed by atoms with Gasteiger partial charge in [0.05, 0.1) is 10.8 Å². The summed E-state index contributed by atoms with van der Waals surface area (Å²) < 4.78 is 0. The van der Waals surface area contributed by atoms with Gasteiger partial charge in [0.2, 0.25) is 5.91 Å². The SMILES string of the molecule is CC(=O)N(C1C(=O)N2C=C(C(=O)O)C(C(c3ccccc3)c3ccccc3)S[C@H]12)n1cnnn1. The third-order valence-electron chi connectivity index (χ3n) is 5.93. The molecule has 0 bridgehead atoms. The summed E-state index contributed by atoms with van der Waals surface area (Å²) >= 11 is 1.35. The lowest BCUT2D eigenvalue weighted by molar-refractivity contribution is -0.144. The molecule has 0 aliphatic carbocycles. The molecular formula is C23H20N6O4S. The van der Waals surface area contributed by atoms with Crippen molar-refractivity contribution in [3.63, 3.8) is 0 Å². The van der Waals surface area contributed by atoms with Crippen LogP contribution >= 0.6 is 11.8 Å². The zero-order valence-electron chi connectivity index (χ0n) is 18.0. The van der Waals surface area contributed by atoms with Crippen molar-refractivity contribution in [3.8, 4) is 0 Å². The van der Waals surface area contributed by atoms with Crippen LogP contribution < -0.4 is 5.01 Å². The van der Waals surface area contributed by atoms with Gasteiger partial charge in [-0.05, 0) is 21.6 Å². The van der Waals surface area contributed by atoms with Crippen LogP contribution in [0.15, 0.2) is 78.8 Å². The molecule has 2 aromatic carbocycles. The largest absolute Gasteiger partial charge is 0.478 e. The van der Waals surface area contributed by atoms with Crippen molar-refractivity contribution in [1.29, 1.82) is 0 Å². The van der Waals surface area contributed by atoms with Crippen LogP contribution in [-0.2, 0) is 14.4 Å². The molecule has 5 rings (SSSR count). The highest BCUT2D eigenvalue weighted by Gasteiger charge is 2.57. The normalized spacial score (nSPS) is 21.5. The summed E-state index contributed by atoms with van der Waals surface area (Å²) in [5, 5.41) is 21.2. The van der Waals surface area contributed by atoms with Gasteiger partial charge in [0.15, 0.2) is 12.4 Å². The number of rotatable bonds is 6. The summed E-state index contributed by atoms with van der Waals surface area (Å²) in [6.45, 7) is 1.33. The fraction of sp³-hybridized carbons (Fsp3) is 0.217. The number of carboxylic acids is 1. The molecule has 2 unspecified atom stereocenters. The van der Waals surface area contributed by atoms with E-state index in [1.165, 1.54) is 41.1 Å². The minimum atomic E-state index is -1.09. The summed E-state index contributed by atoms with van der Waals surface area (Å²) in [5.74, 6) is -2.17. The fourth-order valence-corrected chi connectivity index (χ4v) is 6.20. The van der Waals surface area contributed by atoms with E-state index in [0.29, 0.717) is 0 Å². The minimum absolute atomic E-state index is 0.127. The highest BCUT2D eigenvalue weighted by atomic mass is 32.2. The summed E-state index contributed by atoms with van der Waals surface area (Å²) in [4.78, 5) is 40.3. The Kier molecular flexibility index (Phi) is 5.62. The van der Waals surface area contributed by atoms with Crippen LogP contribution in [0.25, 0.3) is 0 Å². The average molecular weight is 477 g/mol. The first-order valence-corrected chi connectivity index (χ1v) is 11.5. The first-order valence-electron chi connectivity index (χ1n) is 10.5. The topological polar surface area (TPSA) is 122 Å². The number of thioether (sulfide) groups is 1. The van der Waals surface area contributed by atoms with Gasteiger partial charge in [-0.15, -0.1) is 21.7 Å². The molecule has 1 fully saturated rings. The van der Waals surface area contributed by atoms with Gasteiger partial charge in [-0.25, -0.2) is 9.80 Å². The summed E-state index contributed by atoms with van der Waals surface area (Å²) in [6, 6.07) is 18.5. The Morgan fingerprint density at radius 2 is 1.68 bits per heavy atom. The van der Waals surface area contributed by atoms with E-state index in [2.05, 4.69) is 15.5 Å². The Morgan fingerprint density at radius 3 is 2.18 bits per heavy atom. The first kappa shape index (κ1) is 21.8. The van der Waals surface area contributed by atoms with Crippen molar-refractivity contribution in [2.75, 3.05) is 5.01 Å². The maximum Gasteiger partial charge on any atom is 0.334 e. The van der Waals surface area contributed by atoms with Gasteiger partial charge in [0.1, 0.15) is 5.37 Å². The molecule has 172 valence electrons. The van der Waals surface area contributed by atoms with Crippen molar-refractivity contribution in [1.82, 2.24) is 25.2 Å². The lowest BCUT2D eigenvalue weighted by Crippen LogP contribution is -2.72. The van der Waals surface area contributed by atoms with E-state index in [4.69, 9.17) is 0 Å². The number of carbonyl (C=O) groups excluding carboxylic acids is 2. The molecular weight excluding hydrogens is 456 g/mol. The second-order valence-electron chi connectivity index (χ2n) is 7.92. The summed E-state index contributed by atoms with van der Waals surface area (Å²) in [6.07, 6.45) is 2.65. The highest BCUT2D eigenvalue weighted by Crippen LogP contribution is 2.48. The maximum atomic E-state index is 13.0. The molecule has 0 spiro atoms. The molecule has 2 amide bonds. The van der Waals surface area contributed by atoms with Crippen LogP contribution in [0.3, 0.4) is 0 Å². The average Bonchev–Trinajstić information content (AvgIpc) is 3.37. The van der Waals surface area contributed by atoms with Crippen LogP contribution in [0.4, 0.5) is 0 Å². The second-order valence-corrected chi connectivity index (χ2v) is 9.18. The van der Waals surface area contributed by atoms with Crippen LogP contribution in [0.1, 0.15) is 24.0 Å². The van der Waals surface area contributed by atoms with Crippen molar-refractivity contribution < 1.29 is 19.5 Å². The molecule has 3 atom stereocenters. The van der Waals surface area contributed by atoms with Gasteiger partial charge in [-0.3, -0.25) is 9.59 Å². The standard InChI is InChI=1S/C23H20N6O4S/c1-14(30)29(28-13-24-25-26-28)19-21(31)27-12-17(23(32)33)20(34-22(19)27)18(15-8-4-2-5-9-15)16-10-6-3-7-11-16/h2-13,18-20,22H,1H3,(H,32,33)/t19?,20?,22-/m1/s1. The molecule has 0 radical (unpaired) electrons. The number of hydrogen-bond donors (Lipinski definition) is 1. The Bertz CT molecular complexity index is 1210. The van der Waals surface area contributed by atoms with E-state index in [1.807, 2.05) is 60.7 Å². The van der Waals surface area contributed by atoms with Crippen LogP contribution in [0.2, 0.25) is 0 Å². The van der Waals surface area contributed by atoms with E-state index < -0.39 is 34.4 Å². The van der Waals surface area contributed by atoms with Crippen molar-refractivity contribution in [3.05, 3.63) is 89.9 Å². The molecule has 0 saturated carbocycles. The molecule has 11 heteroatoms. The fourth-order valence-electron chi connectivity index (χ4n) is 4.44. The van der Waals surface area contributed by atoms with Gasteiger partial charge < -0.3 is 10.0 Å². The monoisotopic (exact) mass is 476 g/mol. The van der Waals surface area contributed by atoms with Gasteiger partial charge in [0.25, 0.3) is 5.91 Å². The zero-order valence-corrected chi connectivity index (χ0v) is 18.8. The number of tetrazole rings is 1. The third kappa shape index (κ3) is 3.63. The summed E-state index contributed by atoms with van der Waals surface area (Å²) in [5.41, 5.74) is 2.04. The maximum absolute atomic E-state index is 13.0. The predicted molar refractivity (Wildman–Crippen MR) is 123 cm³/mol. The number of carboxylic acid groups (broad SMARTS) is 1. The number of benzene rings is 2. The molecule has 1 saturated heterocycles. The van der Waals surface area contributed by atoms with Crippen LogP contribution in [0, 0.1) is 0 Å². The van der Waals surface area contributed by atoms with Crippen LogP contribution in [0.5, 0.6) is 0 Å². The smallest absolute Gasteiger partial charge is 0.334 e. The number of aromatic nitrogens is 4. The van der Waals surface area contributed by atoms with Crippen molar-refractivity contribution >= 4 is 29.5 Å². The van der Waals surface area contributed by atoms with Crippen molar-refractivity contribution in [2.24, 2.45) is 0 Å². The number of amides is 2. The first-order chi connectivity index (χ1) is 16.5. The van der Waals surface area contributed by atoms with E-state index in [9.17, 15) is 19.5 Å². The Labute approximate surface area is 198 Å². The number of hydrogen-bond acceptors (Lipinski definition) is 7. The van der Waals surface area contributed by atoms with E-state index >= 15 is 0 Å². The van der Waals surface area contributed by atoms with Crippen molar-refractivity contribution in [2.45, 2.75) is 29.5 Å². The van der Waals surface area contributed by atoms with Gasteiger partial charge >= 0.3 is 5.97 Å². The highest BCUT2D eigenvalue weighted by molar-refractivity contribution is 8.01.